The van der Waals surface area contributed by atoms with Crippen LogP contribution in [0.3, 0.4) is 0 Å². The molecule has 33 heavy (non-hydrogen) atoms. The summed E-state index contributed by atoms with van der Waals surface area (Å²) in [5.41, 5.74) is -1.22. The predicted octanol–water partition coefficient (Wildman–Crippen LogP) is 2.50. The molecule has 0 aliphatic carbocycles. The summed E-state index contributed by atoms with van der Waals surface area (Å²) in [5.74, 6) is -0.381. The fourth-order valence-electron chi connectivity index (χ4n) is 3.38. The van der Waals surface area contributed by atoms with Gasteiger partial charge in [-0.25, -0.2) is 4.98 Å². The number of halogens is 3. The molecule has 0 unspecified atom stereocenters. The Hall–Kier alpha value is -4.09. The average molecular weight is 457 g/mol. The van der Waals surface area contributed by atoms with Gasteiger partial charge >= 0.3 is 6.18 Å². The zero-order valence-electron chi connectivity index (χ0n) is 17.2. The number of anilines is 2. The molecule has 1 saturated heterocycles. The SMILES string of the molecule is O=C(Nc1cnccn1)c1ccc(N2CCN(C(=O)c3ccccc3C(F)(F)F)CC2)nn1. The average Bonchev–Trinajstić information content (AvgIpc) is 2.84. The molecule has 0 bridgehead atoms. The first kappa shape index (κ1) is 22.1. The number of carbonyl (C=O) groups excluding carboxylic acids is 2. The third-order valence-corrected chi connectivity index (χ3v) is 5.04. The lowest BCUT2D eigenvalue weighted by molar-refractivity contribution is -0.138. The van der Waals surface area contributed by atoms with Crippen LogP contribution in [0.2, 0.25) is 0 Å². The van der Waals surface area contributed by atoms with E-state index in [2.05, 4.69) is 25.5 Å². The van der Waals surface area contributed by atoms with Crippen molar-refractivity contribution in [3.8, 4) is 0 Å². The number of nitrogens with zero attached hydrogens (tertiary/aromatic N) is 6. The summed E-state index contributed by atoms with van der Waals surface area (Å²) in [5, 5.41) is 10.6. The monoisotopic (exact) mass is 457 g/mol. The number of hydrogen-bond donors (Lipinski definition) is 1. The van der Waals surface area contributed by atoms with Gasteiger partial charge in [0.05, 0.1) is 17.3 Å². The number of piperazine rings is 1. The van der Waals surface area contributed by atoms with Crippen molar-refractivity contribution in [1.82, 2.24) is 25.1 Å². The van der Waals surface area contributed by atoms with Crippen LogP contribution in [0.4, 0.5) is 24.8 Å². The van der Waals surface area contributed by atoms with Crippen LogP contribution in [-0.2, 0) is 6.18 Å². The lowest BCUT2D eigenvalue weighted by Crippen LogP contribution is -2.49. The first-order chi connectivity index (χ1) is 15.8. The minimum Gasteiger partial charge on any atom is -0.352 e. The lowest BCUT2D eigenvalue weighted by Gasteiger charge is -2.35. The molecular weight excluding hydrogens is 439 g/mol. The molecule has 4 rings (SSSR count). The van der Waals surface area contributed by atoms with Gasteiger partial charge in [0.2, 0.25) is 0 Å². The number of benzene rings is 1. The van der Waals surface area contributed by atoms with Gasteiger partial charge in [-0.15, -0.1) is 10.2 Å². The number of alkyl halides is 3. The fourth-order valence-corrected chi connectivity index (χ4v) is 3.38. The van der Waals surface area contributed by atoms with Crippen LogP contribution in [0.1, 0.15) is 26.4 Å². The third kappa shape index (κ3) is 5.05. The van der Waals surface area contributed by atoms with Crippen LogP contribution in [0.25, 0.3) is 0 Å². The first-order valence-corrected chi connectivity index (χ1v) is 9.94. The van der Waals surface area contributed by atoms with Gasteiger partial charge < -0.3 is 15.1 Å². The number of nitrogens with one attached hydrogen (secondary N) is 1. The number of amides is 2. The van der Waals surface area contributed by atoms with E-state index in [4.69, 9.17) is 0 Å². The van der Waals surface area contributed by atoms with E-state index >= 15 is 0 Å². The topological polar surface area (TPSA) is 104 Å². The van der Waals surface area contributed by atoms with Crippen molar-refractivity contribution in [3.63, 3.8) is 0 Å². The highest BCUT2D eigenvalue weighted by Crippen LogP contribution is 2.32. The van der Waals surface area contributed by atoms with Crippen LogP contribution < -0.4 is 10.2 Å². The molecule has 0 atom stereocenters. The van der Waals surface area contributed by atoms with Crippen molar-refractivity contribution in [3.05, 3.63) is 71.8 Å². The molecular formula is C21H18F3N7O2. The molecule has 0 radical (unpaired) electrons. The van der Waals surface area contributed by atoms with E-state index in [9.17, 15) is 22.8 Å². The zero-order chi connectivity index (χ0) is 23.4. The summed E-state index contributed by atoms with van der Waals surface area (Å²) in [6.07, 6.45) is -0.290. The van der Waals surface area contributed by atoms with Gasteiger partial charge in [0.25, 0.3) is 11.8 Å². The summed E-state index contributed by atoms with van der Waals surface area (Å²) in [6, 6.07) is 7.89. The van der Waals surface area contributed by atoms with Crippen LogP contribution in [0.5, 0.6) is 0 Å². The molecule has 3 aromatic rings. The normalized spacial score (nSPS) is 14.2. The highest BCUT2D eigenvalue weighted by molar-refractivity contribution is 6.02. The second kappa shape index (κ2) is 9.18. The van der Waals surface area contributed by atoms with Gasteiger partial charge in [-0.2, -0.15) is 13.2 Å². The van der Waals surface area contributed by atoms with Gasteiger partial charge in [-0.1, -0.05) is 12.1 Å². The van der Waals surface area contributed by atoms with Crippen molar-refractivity contribution < 1.29 is 22.8 Å². The first-order valence-electron chi connectivity index (χ1n) is 9.94. The maximum absolute atomic E-state index is 13.2. The standard InChI is InChI=1S/C21H18F3N7O2/c22-21(23,24)15-4-2-1-3-14(15)20(33)31-11-9-30(10-12-31)18-6-5-16(28-29-18)19(32)27-17-13-25-7-8-26-17/h1-8,13H,9-12H2,(H,26,27,32). The van der Waals surface area contributed by atoms with Crippen LogP contribution in [-0.4, -0.2) is 63.1 Å². The summed E-state index contributed by atoms with van der Waals surface area (Å²) in [7, 11) is 0. The lowest BCUT2D eigenvalue weighted by atomic mass is 10.1. The molecule has 12 heteroatoms. The van der Waals surface area contributed by atoms with Crippen molar-refractivity contribution in [2.45, 2.75) is 6.18 Å². The molecule has 2 amide bonds. The Bertz CT molecular complexity index is 1130. The van der Waals surface area contributed by atoms with E-state index in [1.807, 2.05) is 4.90 Å². The Morgan fingerprint density at radius 3 is 2.33 bits per heavy atom. The number of carbonyl (C=O) groups is 2. The molecule has 170 valence electrons. The Morgan fingerprint density at radius 1 is 0.939 bits per heavy atom. The Kier molecular flexibility index (Phi) is 6.16. The molecule has 9 nitrogen and oxygen atoms in total. The molecule has 1 aromatic carbocycles. The summed E-state index contributed by atoms with van der Waals surface area (Å²) >= 11 is 0. The number of hydrogen-bond acceptors (Lipinski definition) is 7. The molecule has 1 fully saturated rings. The highest BCUT2D eigenvalue weighted by Gasteiger charge is 2.36. The summed E-state index contributed by atoms with van der Waals surface area (Å²) < 4.78 is 39.7. The maximum Gasteiger partial charge on any atom is 0.417 e. The van der Waals surface area contributed by atoms with E-state index in [1.165, 1.54) is 47.8 Å². The molecule has 1 N–H and O–H groups in total. The minimum atomic E-state index is -4.61. The second-order valence-corrected chi connectivity index (χ2v) is 7.14. The predicted molar refractivity (Wildman–Crippen MR) is 112 cm³/mol. The van der Waals surface area contributed by atoms with E-state index in [0.717, 1.165) is 6.07 Å². The summed E-state index contributed by atoms with van der Waals surface area (Å²) in [4.78, 5) is 36.0. The number of rotatable bonds is 4. The zero-order valence-corrected chi connectivity index (χ0v) is 17.2. The third-order valence-electron chi connectivity index (χ3n) is 5.04. The quantitative estimate of drug-likeness (QED) is 0.642. The van der Waals surface area contributed by atoms with Crippen LogP contribution in [0, 0.1) is 0 Å². The molecule has 0 saturated carbocycles. The molecule has 0 spiro atoms. The largest absolute Gasteiger partial charge is 0.417 e. The van der Waals surface area contributed by atoms with Gasteiger partial charge in [0.1, 0.15) is 0 Å². The van der Waals surface area contributed by atoms with E-state index in [1.54, 1.807) is 6.07 Å². The van der Waals surface area contributed by atoms with Crippen LogP contribution >= 0.6 is 0 Å². The van der Waals surface area contributed by atoms with Gasteiger partial charge in [-0.05, 0) is 24.3 Å². The molecule has 2 aromatic heterocycles. The van der Waals surface area contributed by atoms with Gasteiger partial charge in [0, 0.05) is 38.6 Å². The van der Waals surface area contributed by atoms with E-state index in [0.29, 0.717) is 18.9 Å². The van der Waals surface area contributed by atoms with Crippen LogP contribution in [0.15, 0.2) is 55.0 Å². The molecule has 3 heterocycles. The highest BCUT2D eigenvalue weighted by atomic mass is 19.4. The Balaban J connectivity index is 1.37. The Morgan fingerprint density at radius 2 is 1.70 bits per heavy atom. The van der Waals surface area contributed by atoms with E-state index < -0.39 is 23.6 Å². The van der Waals surface area contributed by atoms with Crippen molar-refractivity contribution in [2.24, 2.45) is 0 Å². The Labute approximate surface area is 186 Å². The summed E-state index contributed by atoms with van der Waals surface area (Å²) in [6.45, 7) is 1.17. The minimum absolute atomic E-state index is 0.0852. The van der Waals surface area contributed by atoms with Gasteiger partial charge in [-0.3, -0.25) is 14.6 Å². The van der Waals surface area contributed by atoms with E-state index in [-0.39, 0.29) is 30.2 Å². The van der Waals surface area contributed by atoms with Crippen molar-refractivity contribution in [1.29, 1.82) is 0 Å². The van der Waals surface area contributed by atoms with Crippen molar-refractivity contribution >= 4 is 23.5 Å². The van der Waals surface area contributed by atoms with Crippen molar-refractivity contribution in [2.75, 3.05) is 36.4 Å². The van der Waals surface area contributed by atoms with Gasteiger partial charge in [0.15, 0.2) is 17.3 Å². The smallest absolute Gasteiger partial charge is 0.352 e. The molecule has 1 aliphatic rings. The number of aromatic nitrogens is 4. The maximum atomic E-state index is 13.2. The second-order valence-electron chi connectivity index (χ2n) is 7.14. The molecule has 1 aliphatic heterocycles. The fraction of sp³-hybridized carbons (Fsp3) is 0.238.